The number of para-hydroxylation sites is 1. The lowest BCUT2D eigenvalue weighted by molar-refractivity contribution is -0.133. The van der Waals surface area contributed by atoms with Crippen molar-refractivity contribution in [1.82, 2.24) is 19.8 Å². The van der Waals surface area contributed by atoms with Crippen molar-refractivity contribution in [3.63, 3.8) is 0 Å². The summed E-state index contributed by atoms with van der Waals surface area (Å²) in [6.07, 6.45) is 1.39. The van der Waals surface area contributed by atoms with Crippen molar-refractivity contribution >= 4 is 33.7 Å². The molecule has 0 fully saturated rings. The molecule has 2 amide bonds. The second-order valence-corrected chi connectivity index (χ2v) is 9.27. The Labute approximate surface area is 211 Å². The molecule has 0 saturated heterocycles. The van der Waals surface area contributed by atoms with Crippen LogP contribution in [0.25, 0.3) is 0 Å². The van der Waals surface area contributed by atoms with Gasteiger partial charge in [0.15, 0.2) is 5.69 Å². The second kappa shape index (κ2) is 9.91. The molecule has 1 unspecified atom stereocenters. The van der Waals surface area contributed by atoms with Crippen LogP contribution in [0.2, 0.25) is 0 Å². The number of ether oxygens (including phenoxy) is 2. The summed E-state index contributed by atoms with van der Waals surface area (Å²) < 4.78 is 12.6. The lowest BCUT2D eigenvalue weighted by Gasteiger charge is -2.43. The Balaban J connectivity index is 1.70. The summed E-state index contributed by atoms with van der Waals surface area (Å²) >= 11 is 3.45. The average Bonchev–Trinajstić information content (AvgIpc) is 3.28. The van der Waals surface area contributed by atoms with Crippen LogP contribution in [0.1, 0.15) is 39.0 Å². The van der Waals surface area contributed by atoms with Gasteiger partial charge < -0.3 is 24.3 Å². The first-order chi connectivity index (χ1) is 16.8. The maximum Gasteiger partial charge on any atom is 0.359 e. The summed E-state index contributed by atoms with van der Waals surface area (Å²) in [5.74, 6) is -0.878. The Hall–Kier alpha value is -3.66. The first kappa shape index (κ1) is 24.5. The summed E-state index contributed by atoms with van der Waals surface area (Å²) in [5, 5.41) is 2.96. The van der Waals surface area contributed by atoms with E-state index < -0.39 is 17.4 Å². The van der Waals surface area contributed by atoms with E-state index in [1.54, 1.807) is 14.0 Å². The largest absolute Gasteiger partial charge is 0.496 e. The first-order valence-electron chi connectivity index (χ1n) is 10.9. The van der Waals surface area contributed by atoms with Crippen LogP contribution in [-0.2, 0) is 29.2 Å². The van der Waals surface area contributed by atoms with E-state index in [9.17, 15) is 14.4 Å². The van der Waals surface area contributed by atoms with E-state index >= 15 is 0 Å². The predicted octanol–water partition coefficient (Wildman–Crippen LogP) is 3.17. The van der Waals surface area contributed by atoms with Crippen molar-refractivity contribution in [2.45, 2.75) is 32.1 Å². The molecule has 2 heterocycles. The number of esters is 1. The molecule has 9 nitrogen and oxygen atoms in total. The van der Waals surface area contributed by atoms with Gasteiger partial charge in [-0.1, -0.05) is 46.3 Å². The quantitative estimate of drug-likeness (QED) is 0.461. The SMILES string of the molecule is COC(=O)c1ncn2c1C(=O)N(Cc1cccc(Br)c1)C(C)(C(=O)NCc1ccccc1OC)C2. The molecule has 1 N–H and O–H groups in total. The van der Waals surface area contributed by atoms with E-state index in [1.165, 1.54) is 22.9 Å². The van der Waals surface area contributed by atoms with Crippen LogP contribution in [-0.4, -0.2) is 52.0 Å². The lowest BCUT2D eigenvalue weighted by atomic mass is 9.93. The van der Waals surface area contributed by atoms with Gasteiger partial charge in [0.2, 0.25) is 5.91 Å². The molecule has 2 aromatic carbocycles. The molecule has 0 bridgehead atoms. The average molecular weight is 541 g/mol. The number of carbonyl (C=O) groups is 3. The van der Waals surface area contributed by atoms with Gasteiger partial charge >= 0.3 is 5.97 Å². The van der Waals surface area contributed by atoms with Gasteiger partial charge in [-0.2, -0.15) is 0 Å². The molecule has 1 atom stereocenters. The summed E-state index contributed by atoms with van der Waals surface area (Å²) in [6.45, 7) is 2.20. The molecule has 0 radical (unpaired) electrons. The summed E-state index contributed by atoms with van der Waals surface area (Å²) in [7, 11) is 2.80. The standard InChI is InChI=1S/C25H25BrN4O5/c1-25(24(33)27-12-17-8-4-5-10-19(17)34-2)14-29-15-28-20(23(32)35-3)21(29)22(31)30(25)13-16-7-6-9-18(26)11-16/h4-11,15H,12-14H2,1-3H3,(H,27,33). The fourth-order valence-electron chi connectivity index (χ4n) is 4.21. The zero-order valence-electron chi connectivity index (χ0n) is 19.6. The Kier molecular flexibility index (Phi) is 6.93. The van der Waals surface area contributed by atoms with Gasteiger partial charge in [0, 0.05) is 23.1 Å². The highest BCUT2D eigenvalue weighted by molar-refractivity contribution is 9.10. The molecule has 0 spiro atoms. The van der Waals surface area contributed by atoms with Crippen molar-refractivity contribution in [3.8, 4) is 5.75 Å². The monoisotopic (exact) mass is 540 g/mol. The predicted molar refractivity (Wildman–Crippen MR) is 131 cm³/mol. The van der Waals surface area contributed by atoms with Crippen LogP contribution in [0.15, 0.2) is 59.3 Å². The molecule has 3 aromatic rings. The summed E-state index contributed by atoms with van der Waals surface area (Å²) in [6, 6.07) is 14.9. The van der Waals surface area contributed by atoms with Crippen LogP contribution in [0, 0.1) is 0 Å². The van der Waals surface area contributed by atoms with Gasteiger partial charge in [-0.25, -0.2) is 9.78 Å². The number of hydrogen-bond donors (Lipinski definition) is 1. The fourth-order valence-corrected chi connectivity index (χ4v) is 4.66. The normalized spacial score (nSPS) is 17.0. The molecule has 35 heavy (non-hydrogen) atoms. The minimum atomic E-state index is -1.26. The molecule has 0 aliphatic carbocycles. The van der Waals surface area contributed by atoms with E-state index in [1.807, 2.05) is 48.5 Å². The number of nitrogens with one attached hydrogen (secondary N) is 1. The van der Waals surface area contributed by atoms with E-state index in [-0.39, 0.29) is 36.9 Å². The van der Waals surface area contributed by atoms with Gasteiger partial charge in [0.05, 0.1) is 27.1 Å². The second-order valence-electron chi connectivity index (χ2n) is 8.35. The van der Waals surface area contributed by atoms with Gasteiger partial charge in [-0.3, -0.25) is 9.59 Å². The number of rotatable bonds is 7. The zero-order chi connectivity index (χ0) is 25.2. The van der Waals surface area contributed by atoms with E-state index in [0.29, 0.717) is 5.75 Å². The number of methoxy groups -OCH3 is 2. The number of hydrogen-bond acceptors (Lipinski definition) is 6. The number of carbonyl (C=O) groups excluding carboxylic acids is 3. The zero-order valence-corrected chi connectivity index (χ0v) is 21.2. The topological polar surface area (TPSA) is 103 Å². The van der Waals surface area contributed by atoms with Crippen molar-refractivity contribution in [2.24, 2.45) is 0 Å². The molecule has 1 aliphatic rings. The number of fused-ring (bicyclic) bond motifs is 1. The molecule has 1 aliphatic heterocycles. The molecule has 182 valence electrons. The lowest BCUT2D eigenvalue weighted by Crippen LogP contribution is -2.63. The Morgan fingerprint density at radius 3 is 2.66 bits per heavy atom. The molecule has 10 heteroatoms. The molecule has 4 rings (SSSR count). The van der Waals surface area contributed by atoms with Crippen molar-refractivity contribution in [1.29, 1.82) is 0 Å². The Morgan fingerprint density at radius 2 is 1.94 bits per heavy atom. The molecule has 0 saturated carbocycles. The minimum Gasteiger partial charge on any atom is -0.496 e. The van der Waals surface area contributed by atoms with E-state index in [4.69, 9.17) is 9.47 Å². The summed E-state index contributed by atoms with van der Waals surface area (Å²) in [4.78, 5) is 45.2. The first-order valence-corrected chi connectivity index (χ1v) is 11.7. The van der Waals surface area contributed by atoms with Crippen LogP contribution < -0.4 is 10.1 Å². The third kappa shape index (κ3) is 4.66. The number of amides is 2. The van der Waals surface area contributed by atoms with Crippen LogP contribution in [0.4, 0.5) is 0 Å². The Morgan fingerprint density at radius 1 is 1.17 bits per heavy atom. The van der Waals surface area contributed by atoms with Crippen molar-refractivity contribution < 1.29 is 23.9 Å². The molecule has 1 aromatic heterocycles. The van der Waals surface area contributed by atoms with Crippen molar-refractivity contribution in [2.75, 3.05) is 14.2 Å². The number of benzene rings is 2. The van der Waals surface area contributed by atoms with Gasteiger partial charge in [0.25, 0.3) is 5.91 Å². The van der Waals surface area contributed by atoms with Gasteiger partial charge in [-0.15, -0.1) is 0 Å². The maximum atomic E-state index is 13.7. The molecular weight excluding hydrogens is 516 g/mol. The molecular formula is C25H25BrN4O5. The highest BCUT2D eigenvalue weighted by Crippen LogP contribution is 2.31. The van der Waals surface area contributed by atoms with Crippen LogP contribution in [0.5, 0.6) is 5.75 Å². The third-order valence-corrected chi connectivity index (χ3v) is 6.58. The minimum absolute atomic E-state index is 0.0757. The smallest absolute Gasteiger partial charge is 0.359 e. The third-order valence-electron chi connectivity index (χ3n) is 6.09. The van der Waals surface area contributed by atoms with Crippen molar-refractivity contribution in [3.05, 3.63) is 81.8 Å². The fraction of sp³-hybridized carbons (Fsp3) is 0.280. The highest BCUT2D eigenvalue weighted by atomic mass is 79.9. The number of halogens is 1. The maximum absolute atomic E-state index is 13.7. The van der Waals surface area contributed by atoms with Crippen LogP contribution >= 0.6 is 15.9 Å². The Bertz CT molecular complexity index is 1290. The number of aromatic nitrogens is 2. The number of imidazole rings is 1. The highest BCUT2D eigenvalue weighted by Gasteiger charge is 2.49. The number of nitrogens with zero attached hydrogens (tertiary/aromatic N) is 3. The summed E-state index contributed by atoms with van der Waals surface area (Å²) in [5.41, 5.74) is 0.394. The van der Waals surface area contributed by atoms with Gasteiger partial charge in [-0.05, 0) is 30.7 Å². The van der Waals surface area contributed by atoms with Crippen LogP contribution in [0.3, 0.4) is 0 Å². The van der Waals surface area contributed by atoms with E-state index in [0.717, 1.165) is 15.6 Å². The van der Waals surface area contributed by atoms with E-state index in [2.05, 4.69) is 26.2 Å². The van der Waals surface area contributed by atoms with Gasteiger partial charge in [0.1, 0.15) is 17.0 Å².